The van der Waals surface area contributed by atoms with Crippen molar-refractivity contribution in [2.24, 2.45) is 5.92 Å². The molecule has 5 atom stereocenters. The zero-order chi connectivity index (χ0) is 15.0. The van der Waals surface area contributed by atoms with Crippen LogP contribution in [0.2, 0.25) is 0 Å². The molecule has 1 aromatic rings. The molecule has 1 aromatic carbocycles. The smallest absolute Gasteiger partial charge is 0.323 e. The lowest BCUT2D eigenvalue weighted by Gasteiger charge is -2.35. The average molecular weight is 293 g/mol. The normalized spacial score (nSPS) is 35.1. The molecule has 3 rings (SSSR count). The lowest BCUT2D eigenvalue weighted by atomic mass is 9.96. The SMILES string of the molecule is COC(=O)C1C2CC(O)[C@@H](C2F)N1CCc1ccccc1. The van der Waals surface area contributed by atoms with Gasteiger partial charge in [-0.05, 0) is 18.4 Å². The van der Waals surface area contributed by atoms with E-state index in [0.717, 1.165) is 12.0 Å². The number of carbonyl (C=O) groups excluding carboxylic acids is 1. The topological polar surface area (TPSA) is 49.8 Å². The maximum atomic E-state index is 14.3. The number of rotatable bonds is 4. The molecule has 1 N–H and O–H groups in total. The Morgan fingerprint density at radius 2 is 2.14 bits per heavy atom. The maximum absolute atomic E-state index is 14.3. The predicted molar refractivity (Wildman–Crippen MR) is 75.5 cm³/mol. The minimum absolute atomic E-state index is 0.341. The third-order valence-corrected chi connectivity index (χ3v) is 4.73. The van der Waals surface area contributed by atoms with Gasteiger partial charge in [-0.2, -0.15) is 0 Å². The first kappa shape index (κ1) is 14.5. The van der Waals surface area contributed by atoms with Gasteiger partial charge in [0.1, 0.15) is 12.2 Å². The summed E-state index contributed by atoms with van der Waals surface area (Å²) in [6.45, 7) is 0.544. The van der Waals surface area contributed by atoms with E-state index >= 15 is 0 Å². The second-order valence-electron chi connectivity index (χ2n) is 5.84. The molecule has 1 saturated heterocycles. The molecule has 2 fully saturated rings. The number of ether oxygens (including phenoxy) is 1. The Hall–Kier alpha value is -1.46. The van der Waals surface area contributed by atoms with Gasteiger partial charge in [0.15, 0.2) is 0 Å². The van der Waals surface area contributed by atoms with Gasteiger partial charge in [0.2, 0.25) is 0 Å². The van der Waals surface area contributed by atoms with Crippen LogP contribution in [0.15, 0.2) is 30.3 Å². The van der Waals surface area contributed by atoms with Crippen molar-refractivity contribution in [3.05, 3.63) is 35.9 Å². The molecule has 0 radical (unpaired) electrons. The van der Waals surface area contributed by atoms with Gasteiger partial charge >= 0.3 is 5.97 Å². The molecular formula is C16H20FNO3. The van der Waals surface area contributed by atoms with Gasteiger partial charge in [-0.1, -0.05) is 30.3 Å². The molecule has 5 heteroatoms. The molecule has 4 nitrogen and oxygen atoms in total. The average Bonchev–Trinajstić information content (AvgIpc) is 2.94. The molecule has 114 valence electrons. The lowest BCUT2D eigenvalue weighted by molar-refractivity contribution is -0.150. The summed E-state index contributed by atoms with van der Waals surface area (Å²) >= 11 is 0. The summed E-state index contributed by atoms with van der Waals surface area (Å²) < 4.78 is 19.2. The van der Waals surface area contributed by atoms with Crippen molar-refractivity contribution in [2.45, 2.75) is 37.2 Å². The second-order valence-corrected chi connectivity index (χ2v) is 5.84. The molecule has 1 aliphatic heterocycles. The Morgan fingerprint density at radius 3 is 2.81 bits per heavy atom. The van der Waals surface area contributed by atoms with E-state index in [0.29, 0.717) is 13.0 Å². The third kappa shape index (κ3) is 2.45. The van der Waals surface area contributed by atoms with Crippen molar-refractivity contribution in [3.8, 4) is 0 Å². The molecule has 0 aromatic heterocycles. The van der Waals surface area contributed by atoms with Crippen molar-refractivity contribution >= 4 is 5.97 Å². The first-order valence-electron chi connectivity index (χ1n) is 7.33. The number of alkyl halides is 1. The highest BCUT2D eigenvalue weighted by Crippen LogP contribution is 2.45. The number of aliphatic hydroxyl groups is 1. The molecule has 2 bridgehead atoms. The quantitative estimate of drug-likeness (QED) is 0.847. The summed E-state index contributed by atoms with van der Waals surface area (Å²) in [5.41, 5.74) is 1.13. The van der Waals surface area contributed by atoms with E-state index in [9.17, 15) is 14.3 Å². The molecule has 1 heterocycles. The largest absolute Gasteiger partial charge is 0.468 e. The number of piperidine rings is 1. The van der Waals surface area contributed by atoms with Gasteiger partial charge in [-0.15, -0.1) is 0 Å². The van der Waals surface area contributed by atoms with Crippen LogP contribution in [0.3, 0.4) is 0 Å². The number of hydrogen-bond acceptors (Lipinski definition) is 4. The molecule has 21 heavy (non-hydrogen) atoms. The standard InChI is InChI=1S/C16H20FNO3/c1-21-16(20)14-11-9-12(19)15(13(11)17)18(14)8-7-10-5-3-2-4-6-10/h2-6,11-15,19H,7-9H2,1H3/t11?,12?,13?,14?,15-/m0/s1. The van der Waals surface area contributed by atoms with Crippen LogP contribution in [0.4, 0.5) is 4.39 Å². The van der Waals surface area contributed by atoms with Crippen LogP contribution < -0.4 is 0 Å². The zero-order valence-electron chi connectivity index (χ0n) is 12.0. The number of nitrogens with zero attached hydrogens (tertiary/aromatic N) is 1. The monoisotopic (exact) mass is 293 g/mol. The summed E-state index contributed by atoms with van der Waals surface area (Å²) in [5, 5.41) is 10.00. The molecule has 4 unspecified atom stereocenters. The predicted octanol–water partition coefficient (Wildman–Crippen LogP) is 1.17. The van der Waals surface area contributed by atoms with E-state index in [4.69, 9.17) is 4.74 Å². The Morgan fingerprint density at radius 1 is 1.43 bits per heavy atom. The fraction of sp³-hybridized carbons (Fsp3) is 0.562. The number of carbonyl (C=O) groups is 1. The number of benzene rings is 1. The maximum Gasteiger partial charge on any atom is 0.323 e. The second kappa shape index (κ2) is 5.73. The van der Waals surface area contributed by atoms with E-state index in [1.807, 2.05) is 30.3 Å². The Bertz CT molecular complexity index is 510. The van der Waals surface area contributed by atoms with Gasteiger partial charge in [0.25, 0.3) is 0 Å². The van der Waals surface area contributed by atoms with E-state index in [2.05, 4.69) is 0 Å². The Balaban J connectivity index is 1.76. The third-order valence-electron chi connectivity index (χ3n) is 4.73. The molecule has 1 aliphatic carbocycles. The van der Waals surface area contributed by atoms with Crippen molar-refractivity contribution in [2.75, 3.05) is 13.7 Å². The van der Waals surface area contributed by atoms with Crippen LogP contribution in [-0.4, -0.2) is 54.0 Å². The fourth-order valence-electron chi connectivity index (χ4n) is 3.77. The van der Waals surface area contributed by atoms with Gasteiger partial charge in [-0.25, -0.2) is 4.39 Å². The van der Waals surface area contributed by atoms with Gasteiger partial charge in [-0.3, -0.25) is 9.69 Å². The van der Waals surface area contributed by atoms with Gasteiger partial charge in [0, 0.05) is 12.5 Å². The van der Waals surface area contributed by atoms with E-state index < -0.39 is 36.2 Å². The number of esters is 1. The van der Waals surface area contributed by atoms with Crippen molar-refractivity contribution in [1.29, 1.82) is 0 Å². The van der Waals surface area contributed by atoms with E-state index in [-0.39, 0.29) is 0 Å². The summed E-state index contributed by atoms with van der Waals surface area (Å²) in [4.78, 5) is 13.8. The number of halogens is 1. The molecule has 0 amide bonds. The number of methoxy groups -OCH3 is 1. The van der Waals surface area contributed by atoms with Crippen LogP contribution >= 0.6 is 0 Å². The molecule has 0 spiro atoms. The zero-order valence-corrected chi connectivity index (χ0v) is 12.0. The summed E-state index contributed by atoms with van der Waals surface area (Å²) in [6, 6.07) is 8.71. The van der Waals surface area contributed by atoms with Gasteiger partial charge < -0.3 is 9.84 Å². The minimum Gasteiger partial charge on any atom is -0.468 e. The van der Waals surface area contributed by atoms with Crippen LogP contribution in [-0.2, 0) is 16.0 Å². The first-order valence-corrected chi connectivity index (χ1v) is 7.33. The Kier molecular flexibility index (Phi) is 3.95. The van der Waals surface area contributed by atoms with Crippen molar-refractivity contribution in [1.82, 2.24) is 4.90 Å². The number of likely N-dealkylation sites (tertiary alicyclic amines) is 1. The van der Waals surface area contributed by atoms with Gasteiger partial charge in [0.05, 0.1) is 19.3 Å². The summed E-state index contributed by atoms with van der Waals surface area (Å²) in [6.07, 6.45) is -0.786. The summed E-state index contributed by atoms with van der Waals surface area (Å²) in [5.74, 6) is -0.849. The van der Waals surface area contributed by atoms with Crippen molar-refractivity contribution in [3.63, 3.8) is 0 Å². The van der Waals surface area contributed by atoms with E-state index in [1.54, 1.807) is 4.90 Å². The fourth-order valence-corrected chi connectivity index (χ4v) is 3.77. The van der Waals surface area contributed by atoms with Crippen LogP contribution in [0.5, 0.6) is 0 Å². The Labute approximate surface area is 123 Å². The molecular weight excluding hydrogens is 273 g/mol. The van der Waals surface area contributed by atoms with Crippen molar-refractivity contribution < 1.29 is 19.0 Å². The van der Waals surface area contributed by atoms with Crippen LogP contribution in [0.25, 0.3) is 0 Å². The van der Waals surface area contributed by atoms with E-state index in [1.165, 1.54) is 7.11 Å². The van der Waals surface area contributed by atoms with Crippen LogP contribution in [0, 0.1) is 5.92 Å². The number of aliphatic hydroxyl groups excluding tert-OH is 1. The van der Waals surface area contributed by atoms with Crippen LogP contribution in [0.1, 0.15) is 12.0 Å². The number of fused-ring (bicyclic) bond motifs is 2. The highest BCUT2D eigenvalue weighted by atomic mass is 19.1. The summed E-state index contributed by atoms with van der Waals surface area (Å²) in [7, 11) is 1.33. The first-order chi connectivity index (χ1) is 10.1. The minimum atomic E-state index is -1.15. The molecule has 1 saturated carbocycles. The lowest BCUT2D eigenvalue weighted by Crippen LogP contribution is -2.52. The highest BCUT2D eigenvalue weighted by Gasteiger charge is 2.60. The molecule has 2 aliphatic rings. The highest BCUT2D eigenvalue weighted by molar-refractivity contribution is 5.77. The number of hydrogen-bond donors (Lipinski definition) is 1.